The zero-order valence-corrected chi connectivity index (χ0v) is 17.6. The fraction of sp³-hybridized carbons (Fsp3) is 0.208. The van der Waals surface area contributed by atoms with Crippen molar-refractivity contribution in [1.82, 2.24) is 14.8 Å². The zero-order chi connectivity index (χ0) is 21.3. The van der Waals surface area contributed by atoms with E-state index in [4.69, 9.17) is 4.74 Å². The van der Waals surface area contributed by atoms with Gasteiger partial charge in [0.25, 0.3) is 5.91 Å². The summed E-state index contributed by atoms with van der Waals surface area (Å²) in [5, 5.41) is 8.36. The second-order valence-electron chi connectivity index (χ2n) is 7.42. The summed E-state index contributed by atoms with van der Waals surface area (Å²) in [4.78, 5) is 17.0. The lowest BCUT2D eigenvalue weighted by atomic mass is 10.1. The summed E-state index contributed by atoms with van der Waals surface area (Å²) >= 11 is 0. The molecule has 0 aliphatic carbocycles. The third-order valence-electron chi connectivity index (χ3n) is 5.21. The van der Waals surface area contributed by atoms with Gasteiger partial charge in [-0.2, -0.15) is 5.10 Å². The SMILES string of the molecule is Cc1ccc(C)c(OCC(=O)Nc2cnc3c(c2)c(C)nn3-c2ccccc2)c1C. The van der Waals surface area contributed by atoms with Crippen LogP contribution in [0.4, 0.5) is 5.69 Å². The Bertz CT molecular complexity index is 1230. The third-order valence-corrected chi connectivity index (χ3v) is 5.21. The molecule has 6 nitrogen and oxygen atoms in total. The number of benzene rings is 2. The number of para-hydroxylation sites is 1. The molecule has 2 aromatic heterocycles. The lowest BCUT2D eigenvalue weighted by molar-refractivity contribution is -0.118. The Morgan fingerprint density at radius 3 is 2.53 bits per heavy atom. The van der Waals surface area contributed by atoms with E-state index in [0.717, 1.165) is 44.9 Å². The largest absolute Gasteiger partial charge is 0.483 e. The maximum atomic E-state index is 12.5. The van der Waals surface area contributed by atoms with E-state index in [2.05, 4.69) is 21.5 Å². The molecule has 2 aromatic carbocycles. The normalized spacial score (nSPS) is 10.9. The van der Waals surface area contributed by atoms with Gasteiger partial charge in [0, 0.05) is 5.39 Å². The number of aryl methyl sites for hydroxylation is 3. The van der Waals surface area contributed by atoms with Crippen LogP contribution in [0.3, 0.4) is 0 Å². The molecule has 6 heteroatoms. The van der Waals surface area contributed by atoms with Gasteiger partial charge >= 0.3 is 0 Å². The van der Waals surface area contributed by atoms with Crippen LogP contribution in [0.1, 0.15) is 22.4 Å². The lowest BCUT2D eigenvalue weighted by Crippen LogP contribution is -2.21. The molecule has 0 fully saturated rings. The molecule has 0 unspecified atom stereocenters. The molecule has 0 spiro atoms. The Morgan fingerprint density at radius 1 is 1.03 bits per heavy atom. The van der Waals surface area contributed by atoms with E-state index in [0.29, 0.717) is 5.69 Å². The summed E-state index contributed by atoms with van der Waals surface area (Å²) < 4.78 is 7.61. The fourth-order valence-corrected chi connectivity index (χ4v) is 3.44. The Kier molecular flexibility index (Phi) is 5.23. The number of ether oxygens (including phenoxy) is 1. The lowest BCUT2D eigenvalue weighted by Gasteiger charge is -2.14. The van der Waals surface area contributed by atoms with Gasteiger partial charge in [-0.05, 0) is 62.6 Å². The number of fused-ring (bicyclic) bond motifs is 1. The molecule has 0 aliphatic heterocycles. The highest BCUT2D eigenvalue weighted by Gasteiger charge is 2.13. The number of rotatable bonds is 5. The molecule has 2 heterocycles. The van der Waals surface area contributed by atoms with Crippen molar-refractivity contribution in [2.24, 2.45) is 0 Å². The number of carbonyl (C=O) groups excluding carboxylic acids is 1. The second kappa shape index (κ2) is 7.99. The minimum absolute atomic E-state index is 0.0641. The standard InChI is InChI=1S/C24H24N4O2/c1-15-10-11-16(2)23(17(15)3)30-14-22(29)26-19-12-21-18(4)27-28(24(21)25-13-19)20-8-6-5-7-9-20/h5-13H,14H2,1-4H3,(H,26,29). The smallest absolute Gasteiger partial charge is 0.262 e. The maximum Gasteiger partial charge on any atom is 0.262 e. The molecular weight excluding hydrogens is 376 g/mol. The molecule has 0 saturated carbocycles. The van der Waals surface area contributed by atoms with Crippen molar-refractivity contribution in [2.45, 2.75) is 27.7 Å². The van der Waals surface area contributed by atoms with Crippen LogP contribution in [-0.4, -0.2) is 27.3 Å². The maximum absolute atomic E-state index is 12.5. The van der Waals surface area contributed by atoms with Gasteiger partial charge in [0.05, 0.1) is 23.3 Å². The van der Waals surface area contributed by atoms with E-state index in [1.165, 1.54) is 0 Å². The van der Waals surface area contributed by atoms with Crippen LogP contribution in [0.25, 0.3) is 16.7 Å². The van der Waals surface area contributed by atoms with Crippen molar-refractivity contribution in [2.75, 3.05) is 11.9 Å². The average Bonchev–Trinajstić information content (AvgIpc) is 3.07. The van der Waals surface area contributed by atoms with Crippen molar-refractivity contribution in [1.29, 1.82) is 0 Å². The van der Waals surface area contributed by atoms with Crippen molar-refractivity contribution in [3.63, 3.8) is 0 Å². The quantitative estimate of drug-likeness (QED) is 0.528. The number of nitrogens with one attached hydrogen (secondary N) is 1. The topological polar surface area (TPSA) is 69.0 Å². The van der Waals surface area contributed by atoms with Crippen LogP contribution in [0, 0.1) is 27.7 Å². The monoisotopic (exact) mass is 400 g/mol. The van der Waals surface area contributed by atoms with Gasteiger partial charge in [0.2, 0.25) is 0 Å². The van der Waals surface area contributed by atoms with Gasteiger partial charge in [-0.15, -0.1) is 0 Å². The predicted octanol–water partition coefficient (Wildman–Crippen LogP) is 4.67. The van der Waals surface area contributed by atoms with Crippen LogP contribution >= 0.6 is 0 Å². The first kappa shape index (κ1) is 19.6. The Labute approximate surface area is 175 Å². The Hall–Kier alpha value is -3.67. The second-order valence-corrected chi connectivity index (χ2v) is 7.42. The van der Waals surface area contributed by atoms with Crippen LogP contribution in [0.15, 0.2) is 54.7 Å². The first-order chi connectivity index (χ1) is 14.4. The van der Waals surface area contributed by atoms with Crippen molar-refractivity contribution in [3.05, 3.63) is 77.1 Å². The van der Waals surface area contributed by atoms with E-state index >= 15 is 0 Å². The van der Waals surface area contributed by atoms with E-state index < -0.39 is 0 Å². The summed E-state index contributed by atoms with van der Waals surface area (Å²) in [7, 11) is 0. The Balaban J connectivity index is 1.51. The highest BCUT2D eigenvalue weighted by atomic mass is 16.5. The number of pyridine rings is 1. The van der Waals surface area contributed by atoms with Crippen molar-refractivity contribution in [3.8, 4) is 11.4 Å². The van der Waals surface area contributed by atoms with Gasteiger partial charge in [0.15, 0.2) is 12.3 Å². The van der Waals surface area contributed by atoms with Crippen LogP contribution in [-0.2, 0) is 4.79 Å². The average molecular weight is 400 g/mol. The number of nitrogens with zero attached hydrogens (tertiary/aromatic N) is 3. The van der Waals surface area contributed by atoms with Gasteiger partial charge < -0.3 is 10.1 Å². The van der Waals surface area contributed by atoms with E-state index in [1.807, 2.05) is 74.8 Å². The molecule has 4 aromatic rings. The minimum Gasteiger partial charge on any atom is -0.483 e. The molecule has 1 N–H and O–H groups in total. The van der Waals surface area contributed by atoms with Gasteiger partial charge in [-0.1, -0.05) is 30.3 Å². The molecule has 1 amide bonds. The first-order valence-corrected chi connectivity index (χ1v) is 9.84. The number of hydrogen-bond acceptors (Lipinski definition) is 4. The number of aromatic nitrogens is 3. The summed E-state index contributed by atoms with van der Waals surface area (Å²) in [6, 6.07) is 15.8. The summed E-state index contributed by atoms with van der Waals surface area (Å²) in [6.07, 6.45) is 1.64. The van der Waals surface area contributed by atoms with Crippen LogP contribution in [0.2, 0.25) is 0 Å². The summed E-state index contributed by atoms with van der Waals surface area (Å²) in [5.74, 6) is 0.531. The number of amides is 1. The highest BCUT2D eigenvalue weighted by molar-refractivity contribution is 5.94. The highest BCUT2D eigenvalue weighted by Crippen LogP contribution is 2.26. The first-order valence-electron chi connectivity index (χ1n) is 9.84. The number of carbonyl (C=O) groups is 1. The molecular formula is C24H24N4O2. The van der Waals surface area contributed by atoms with Crippen molar-refractivity contribution < 1.29 is 9.53 Å². The van der Waals surface area contributed by atoms with Gasteiger partial charge in [-0.25, -0.2) is 9.67 Å². The van der Waals surface area contributed by atoms with Gasteiger partial charge in [0.1, 0.15) is 5.75 Å². The van der Waals surface area contributed by atoms with Gasteiger partial charge in [-0.3, -0.25) is 4.79 Å². The van der Waals surface area contributed by atoms with E-state index in [9.17, 15) is 4.79 Å². The molecule has 30 heavy (non-hydrogen) atoms. The number of hydrogen-bond donors (Lipinski definition) is 1. The van der Waals surface area contributed by atoms with Crippen molar-refractivity contribution >= 4 is 22.6 Å². The van der Waals surface area contributed by atoms with Crippen LogP contribution < -0.4 is 10.1 Å². The molecule has 0 radical (unpaired) electrons. The molecule has 152 valence electrons. The Morgan fingerprint density at radius 2 is 1.77 bits per heavy atom. The van der Waals surface area contributed by atoms with Crippen LogP contribution in [0.5, 0.6) is 5.75 Å². The fourth-order valence-electron chi connectivity index (χ4n) is 3.44. The molecule has 0 atom stereocenters. The molecule has 0 saturated heterocycles. The van der Waals surface area contributed by atoms with E-state index in [-0.39, 0.29) is 12.5 Å². The minimum atomic E-state index is -0.232. The zero-order valence-electron chi connectivity index (χ0n) is 17.6. The number of anilines is 1. The summed E-state index contributed by atoms with van der Waals surface area (Å²) in [5.41, 5.74) is 6.35. The molecule has 4 rings (SSSR count). The summed E-state index contributed by atoms with van der Waals surface area (Å²) in [6.45, 7) is 7.87. The third kappa shape index (κ3) is 3.76. The van der Waals surface area contributed by atoms with E-state index in [1.54, 1.807) is 6.20 Å². The molecule has 0 bridgehead atoms. The predicted molar refractivity (Wildman–Crippen MR) is 118 cm³/mol. The molecule has 0 aliphatic rings.